The van der Waals surface area contributed by atoms with Crippen LogP contribution in [0.3, 0.4) is 0 Å². The Morgan fingerprint density at radius 3 is 2.65 bits per heavy atom. The first-order valence-electron chi connectivity index (χ1n) is 6.64. The lowest BCUT2D eigenvalue weighted by molar-refractivity contribution is 0.116. The van der Waals surface area contributed by atoms with Gasteiger partial charge >= 0.3 is 0 Å². The predicted molar refractivity (Wildman–Crippen MR) is 67.7 cm³/mol. The summed E-state index contributed by atoms with van der Waals surface area (Å²) in [5.74, 6) is 0. The molecule has 0 unspecified atom stereocenters. The quantitative estimate of drug-likeness (QED) is 0.751. The zero-order valence-corrected chi connectivity index (χ0v) is 11.2. The maximum absolute atomic E-state index is 13.3. The minimum atomic E-state index is -1.07. The standard InChI is InChI=1S/C14H24FNO/c1-10-5-4-6-14(2,3)11(10)7-16-8-12(15)13(17)9-16/h12-13,17H,4-9H2,1-3H3/t12-,13-/m1/s1. The molecule has 2 aliphatic rings. The summed E-state index contributed by atoms with van der Waals surface area (Å²) < 4.78 is 13.3. The van der Waals surface area contributed by atoms with Gasteiger partial charge in [-0.05, 0) is 31.6 Å². The zero-order valence-electron chi connectivity index (χ0n) is 11.2. The van der Waals surface area contributed by atoms with E-state index in [-0.39, 0.29) is 5.41 Å². The van der Waals surface area contributed by atoms with E-state index in [1.54, 1.807) is 0 Å². The molecule has 0 bridgehead atoms. The number of alkyl halides is 1. The fourth-order valence-electron chi connectivity index (χ4n) is 3.20. The van der Waals surface area contributed by atoms with Crippen molar-refractivity contribution in [3.05, 3.63) is 11.1 Å². The van der Waals surface area contributed by atoms with Crippen LogP contribution in [0.25, 0.3) is 0 Å². The number of allylic oxidation sites excluding steroid dienone is 1. The number of hydrogen-bond donors (Lipinski definition) is 1. The molecule has 1 heterocycles. The zero-order chi connectivity index (χ0) is 12.6. The molecule has 98 valence electrons. The Balaban J connectivity index is 2.07. The van der Waals surface area contributed by atoms with Crippen LogP contribution in [-0.4, -0.2) is 41.9 Å². The van der Waals surface area contributed by atoms with Crippen molar-refractivity contribution in [2.24, 2.45) is 5.41 Å². The number of likely N-dealkylation sites (tertiary alicyclic amines) is 1. The average molecular weight is 241 g/mol. The third-order valence-electron chi connectivity index (χ3n) is 4.36. The molecular weight excluding hydrogens is 217 g/mol. The highest BCUT2D eigenvalue weighted by Crippen LogP contribution is 2.40. The monoisotopic (exact) mass is 241 g/mol. The summed E-state index contributed by atoms with van der Waals surface area (Å²) >= 11 is 0. The highest BCUT2D eigenvalue weighted by Gasteiger charge is 2.35. The van der Waals surface area contributed by atoms with Crippen molar-refractivity contribution in [1.82, 2.24) is 4.90 Å². The first-order chi connectivity index (χ1) is 7.90. The van der Waals surface area contributed by atoms with Gasteiger partial charge in [0.15, 0.2) is 0 Å². The van der Waals surface area contributed by atoms with E-state index in [0.717, 1.165) is 6.54 Å². The van der Waals surface area contributed by atoms with E-state index in [9.17, 15) is 9.50 Å². The van der Waals surface area contributed by atoms with Crippen molar-refractivity contribution < 1.29 is 9.50 Å². The van der Waals surface area contributed by atoms with Crippen molar-refractivity contribution in [3.63, 3.8) is 0 Å². The fraction of sp³-hybridized carbons (Fsp3) is 0.857. The van der Waals surface area contributed by atoms with Crippen LogP contribution in [-0.2, 0) is 0 Å². The van der Waals surface area contributed by atoms with E-state index in [4.69, 9.17) is 0 Å². The van der Waals surface area contributed by atoms with Gasteiger partial charge in [-0.1, -0.05) is 25.0 Å². The minimum absolute atomic E-state index is 0.238. The molecule has 3 heteroatoms. The van der Waals surface area contributed by atoms with Gasteiger partial charge in [-0.3, -0.25) is 4.90 Å². The summed E-state index contributed by atoms with van der Waals surface area (Å²) in [4.78, 5) is 2.06. The molecule has 0 spiro atoms. The summed E-state index contributed by atoms with van der Waals surface area (Å²) in [6, 6.07) is 0. The molecular formula is C14H24FNO. The summed E-state index contributed by atoms with van der Waals surface area (Å²) in [7, 11) is 0. The van der Waals surface area contributed by atoms with Gasteiger partial charge < -0.3 is 5.11 Å². The highest BCUT2D eigenvalue weighted by molar-refractivity contribution is 5.24. The van der Waals surface area contributed by atoms with Crippen LogP contribution in [0.4, 0.5) is 4.39 Å². The molecule has 1 fully saturated rings. The van der Waals surface area contributed by atoms with E-state index in [1.165, 1.54) is 30.4 Å². The van der Waals surface area contributed by atoms with Gasteiger partial charge in [0.25, 0.3) is 0 Å². The molecule has 1 aliphatic heterocycles. The van der Waals surface area contributed by atoms with Crippen LogP contribution in [0.5, 0.6) is 0 Å². The van der Waals surface area contributed by atoms with Gasteiger partial charge in [0.2, 0.25) is 0 Å². The third kappa shape index (κ3) is 2.71. The predicted octanol–water partition coefficient (Wildman–Crippen LogP) is 2.53. The van der Waals surface area contributed by atoms with Crippen molar-refractivity contribution >= 4 is 0 Å². The molecule has 0 amide bonds. The molecule has 1 saturated heterocycles. The van der Waals surface area contributed by atoms with Crippen LogP contribution < -0.4 is 0 Å². The number of halogens is 1. The van der Waals surface area contributed by atoms with Crippen molar-refractivity contribution in [3.8, 4) is 0 Å². The molecule has 2 nitrogen and oxygen atoms in total. The third-order valence-corrected chi connectivity index (χ3v) is 4.36. The number of hydrogen-bond acceptors (Lipinski definition) is 2. The Kier molecular flexibility index (Phi) is 3.60. The SMILES string of the molecule is CC1=C(CN2C[C@@H](O)[C@H](F)C2)C(C)(C)CCC1. The second-order valence-corrected chi connectivity index (χ2v) is 6.27. The van der Waals surface area contributed by atoms with Gasteiger partial charge in [-0.2, -0.15) is 0 Å². The Bertz CT molecular complexity index is 314. The maximum atomic E-state index is 13.3. The molecule has 2 atom stereocenters. The molecule has 0 aromatic heterocycles. The lowest BCUT2D eigenvalue weighted by Gasteiger charge is -2.36. The lowest BCUT2D eigenvalue weighted by atomic mass is 9.72. The van der Waals surface area contributed by atoms with E-state index >= 15 is 0 Å². The molecule has 0 aromatic carbocycles. The van der Waals surface area contributed by atoms with E-state index in [0.29, 0.717) is 13.1 Å². The molecule has 17 heavy (non-hydrogen) atoms. The number of aliphatic hydroxyl groups is 1. The number of β-amino-alcohol motifs (C(OH)–C–C–N with tert-alkyl or cyclic N) is 1. The number of aliphatic hydroxyl groups excluding tert-OH is 1. The first-order valence-corrected chi connectivity index (χ1v) is 6.64. The maximum Gasteiger partial charge on any atom is 0.140 e. The van der Waals surface area contributed by atoms with E-state index in [2.05, 4.69) is 25.7 Å². The Morgan fingerprint density at radius 2 is 2.12 bits per heavy atom. The lowest BCUT2D eigenvalue weighted by Crippen LogP contribution is -2.32. The van der Waals surface area contributed by atoms with Crippen LogP contribution in [0.2, 0.25) is 0 Å². The average Bonchev–Trinajstić information content (AvgIpc) is 2.52. The van der Waals surface area contributed by atoms with Crippen LogP contribution >= 0.6 is 0 Å². The Hall–Kier alpha value is -0.410. The highest BCUT2D eigenvalue weighted by atomic mass is 19.1. The summed E-state index contributed by atoms with van der Waals surface area (Å²) in [6.45, 7) is 8.46. The molecule has 1 N–H and O–H groups in total. The van der Waals surface area contributed by atoms with Gasteiger partial charge in [-0.25, -0.2) is 4.39 Å². The van der Waals surface area contributed by atoms with Gasteiger partial charge in [0, 0.05) is 19.6 Å². The largest absolute Gasteiger partial charge is 0.389 e. The smallest absolute Gasteiger partial charge is 0.140 e. The van der Waals surface area contributed by atoms with Crippen LogP contribution in [0.15, 0.2) is 11.1 Å². The summed E-state index contributed by atoms with van der Waals surface area (Å²) in [5.41, 5.74) is 3.17. The Morgan fingerprint density at radius 1 is 1.41 bits per heavy atom. The van der Waals surface area contributed by atoms with Crippen molar-refractivity contribution in [2.45, 2.75) is 52.3 Å². The van der Waals surface area contributed by atoms with E-state index < -0.39 is 12.3 Å². The summed E-state index contributed by atoms with van der Waals surface area (Å²) in [6.07, 6.45) is 1.80. The van der Waals surface area contributed by atoms with Gasteiger partial charge in [0.1, 0.15) is 6.17 Å². The minimum Gasteiger partial charge on any atom is -0.389 e. The van der Waals surface area contributed by atoms with Crippen LogP contribution in [0, 0.1) is 5.41 Å². The Labute approximate surface area is 104 Å². The number of rotatable bonds is 2. The molecule has 0 saturated carbocycles. The van der Waals surface area contributed by atoms with E-state index in [1.807, 2.05) is 0 Å². The molecule has 1 aliphatic carbocycles. The summed E-state index contributed by atoms with van der Waals surface area (Å²) in [5, 5.41) is 9.46. The van der Waals surface area contributed by atoms with Crippen molar-refractivity contribution in [1.29, 1.82) is 0 Å². The molecule has 0 radical (unpaired) electrons. The first kappa shape index (κ1) is 13.0. The normalized spacial score (nSPS) is 34.4. The number of nitrogens with zero attached hydrogens (tertiary/aromatic N) is 1. The second-order valence-electron chi connectivity index (χ2n) is 6.27. The topological polar surface area (TPSA) is 23.5 Å². The second kappa shape index (κ2) is 4.69. The van der Waals surface area contributed by atoms with Crippen LogP contribution in [0.1, 0.15) is 40.0 Å². The van der Waals surface area contributed by atoms with Crippen molar-refractivity contribution in [2.75, 3.05) is 19.6 Å². The molecule has 0 aromatic rings. The molecule has 2 rings (SSSR count). The fourth-order valence-corrected chi connectivity index (χ4v) is 3.20. The van der Waals surface area contributed by atoms with Gasteiger partial charge in [-0.15, -0.1) is 0 Å². The van der Waals surface area contributed by atoms with Gasteiger partial charge in [0.05, 0.1) is 6.10 Å².